The lowest BCUT2D eigenvalue weighted by molar-refractivity contribution is 0.669. The van der Waals surface area contributed by atoms with Crippen LogP contribution in [0.3, 0.4) is 0 Å². The van der Waals surface area contributed by atoms with Gasteiger partial charge in [-0.2, -0.15) is 16.6 Å². The Balaban J connectivity index is 2.06. The van der Waals surface area contributed by atoms with Crippen molar-refractivity contribution in [2.24, 2.45) is 0 Å². The van der Waals surface area contributed by atoms with Gasteiger partial charge in [0.1, 0.15) is 17.4 Å². The summed E-state index contributed by atoms with van der Waals surface area (Å²) in [6.45, 7) is 2.73. The van der Waals surface area contributed by atoms with Gasteiger partial charge in [-0.05, 0) is 47.9 Å². The molecule has 1 aromatic carbocycles. The number of hydrogen-bond acceptors (Lipinski definition) is 3. The van der Waals surface area contributed by atoms with Gasteiger partial charge in [0.05, 0.1) is 16.5 Å². The number of halogens is 1. The molecule has 1 atom stereocenters. The Hall–Kier alpha value is -1.83. The van der Waals surface area contributed by atoms with Crippen molar-refractivity contribution in [1.29, 1.82) is 5.26 Å². The van der Waals surface area contributed by atoms with Crippen molar-refractivity contribution in [1.82, 2.24) is 9.55 Å². The second kappa shape index (κ2) is 5.88. The molecule has 3 rings (SSSR count). The Morgan fingerprint density at radius 3 is 2.95 bits per heavy atom. The number of thiophene rings is 1. The number of rotatable bonds is 4. The minimum atomic E-state index is -0.189. The fourth-order valence-corrected chi connectivity index (χ4v) is 3.34. The molecule has 0 bridgehead atoms. The van der Waals surface area contributed by atoms with E-state index in [1.54, 1.807) is 17.4 Å². The molecular weight excluding hydrogens is 302 g/mol. The number of imidazole rings is 1. The van der Waals surface area contributed by atoms with Crippen LogP contribution in [0.15, 0.2) is 35.0 Å². The summed E-state index contributed by atoms with van der Waals surface area (Å²) >= 11 is 7.97. The summed E-state index contributed by atoms with van der Waals surface area (Å²) in [7, 11) is 0. The lowest BCUT2D eigenvalue weighted by atomic mass is 10.2. The minimum Gasteiger partial charge on any atom is -0.326 e. The molecule has 0 N–H and O–H groups in total. The zero-order valence-electron chi connectivity index (χ0n) is 11.6. The molecule has 0 fully saturated rings. The summed E-state index contributed by atoms with van der Waals surface area (Å²) in [6.07, 6.45) is 0.933. The van der Waals surface area contributed by atoms with Gasteiger partial charge in [-0.15, -0.1) is 11.6 Å². The Morgan fingerprint density at radius 1 is 1.43 bits per heavy atom. The summed E-state index contributed by atoms with van der Waals surface area (Å²) in [5.74, 6) is 0.824. The fourth-order valence-electron chi connectivity index (χ4n) is 2.47. The number of benzene rings is 1. The summed E-state index contributed by atoms with van der Waals surface area (Å²) in [5.41, 5.74) is 3.63. The molecule has 1 unspecified atom stereocenters. The molecule has 0 aliphatic carbocycles. The Morgan fingerprint density at radius 2 is 2.29 bits per heavy atom. The number of aromatic nitrogens is 2. The predicted octanol–water partition coefficient (Wildman–Crippen LogP) is 4.51. The van der Waals surface area contributed by atoms with Crippen molar-refractivity contribution in [3.8, 4) is 6.07 Å². The average molecular weight is 316 g/mol. The van der Waals surface area contributed by atoms with E-state index in [4.69, 9.17) is 11.6 Å². The number of nitrogens with zero attached hydrogens (tertiary/aromatic N) is 3. The zero-order chi connectivity index (χ0) is 14.8. The summed E-state index contributed by atoms with van der Waals surface area (Å²) < 4.78 is 2.13. The summed E-state index contributed by atoms with van der Waals surface area (Å²) in [4.78, 5) is 4.59. The third-order valence-corrected chi connectivity index (χ3v) is 4.42. The molecule has 21 heavy (non-hydrogen) atoms. The molecule has 5 heteroatoms. The van der Waals surface area contributed by atoms with Crippen LogP contribution in [0, 0.1) is 11.3 Å². The second-order valence-electron chi connectivity index (χ2n) is 4.90. The van der Waals surface area contributed by atoms with E-state index < -0.39 is 0 Å². The topological polar surface area (TPSA) is 41.6 Å². The molecule has 0 spiro atoms. The fraction of sp³-hybridized carbons (Fsp3) is 0.250. The SMILES string of the molecule is CC(Cl)c1nc2c(C#N)cccc2n1CCc1ccsc1. The van der Waals surface area contributed by atoms with Crippen LogP contribution in [0.5, 0.6) is 0 Å². The van der Waals surface area contributed by atoms with Gasteiger partial charge in [-0.25, -0.2) is 4.98 Å². The Bertz CT molecular complexity index is 797. The van der Waals surface area contributed by atoms with Crippen molar-refractivity contribution in [2.45, 2.75) is 25.3 Å². The summed E-state index contributed by atoms with van der Waals surface area (Å²) in [5, 5.41) is 13.3. The quantitative estimate of drug-likeness (QED) is 0.665. The first kappa shape index (κ1) is 14.1. The van der Waals surface area contributed by atoms with E-state index in [2.05, 4.69) is 32.4 Å². The molecule has 0 amide bonds. The number of hydrogen-bond donors (Lipinski definition) is 0. The van der Waals surface area contributed by atoms with Crippen LogP contribution in [-0.4, -0.2) is 9.55 Å². The Labute approximate surface area is 132 Å². The van der Waals surface area contributed by atoms with Crippen molar-refractivity contribution in [3.63, 3.8) is 0 Å². The summed E-state index contributed by atoms with van der Waals surface area (Å²) in [6, 6.07) is 10.0. The third kappa shape index (κ3) is 2.67. The molecule has 3 aromatic rings. The number of nitriles is 1. The average Bonchev–Trinajstić information content (AvgIpc) is 3.11. The van der Waals surface area contributed by atoms with Gasteiger partial charge in [-0.1, -0.05) is 6.07 Å². The highest BCUT2D eigenvalue weighted by Gasteiger charge is 2.16. The predicted molar refractivity (Wildman–Crippen MR) is 86.7 cm³/mol. The molecule has 2 heterocycles. The van der Waals surface area contributed by atoms with Crippen molar-refractivity contribution in [3.05, 3.63) is 52.0 Å². The molecule has 0 saturated heterocycles. The van der Waals surface area contributed by atoms with Crippen LogP contribution in [0.25, 0.3) is 11.0 Å². The van der Waals surface area contributed by atoms with Gasteiger partial charge in [0, 0.05) is 6.54 Å². The second-order valence-corrected chi connectivity index (χ2v) is 6.34. The number of para-hydroxylation sites is 1. The smallest absolute Gasteiger partial charge is 0.127 e. The highest BCUT2D eigenvalue weighted by molar-refractivity contribution is 7.07. The highest BCUT2D eigenvalue weighted by Crippen LogP contribution is 2.26. The first-order valence-electron chi connectivity index (χ1n) is 6.75. The zero-order valence-corrected chi connectivity index (χ0v) is 13.2. The Kier molecular flexibility index (Phi) is 3.96. The molecule has 106 valence electrons. The monoisotopic (exact) mass is 315 g/mol. The van der Waals surface area contributed by atoms with E-state index >= 15 is 0 Å². The lowest BCUT2D eigenvalue weighted by Gasteiger charge is -2.10. The van der Waals surface area contributed by atoms with Gasteiger partial charge >= 0.3 is 0 Å². The molecule has 0 saturated carbocycles. The van der Waals surface area contributed by atoms with Gasteiger partial charge < -0.3 is 4.57 Å². The molecular formula is C16H14ClN3S. The molecule has 3 nitrogen and oxygen atoms in total. The molecule has 0 radical (unpaired) electrons. The first-order valence-corrected chi connectivity index (χ1v) is 8.13. The third-order valence-electron chi connectivity index (χ3n) is 3.49. The van der Waals surface area contributed by atoms with E-state index in [1.165, 1.54) is 5.56 Å². The van der Waals surface area contributed by atoms with E-state index in [-0.39, 0.29) is 5.38 Å². The lowest BCUT2D eigenvalue weighted by Crippen LogP contribution is -2.06. The van der Waals surface area contributed by atoms with E-state index in [9.17, 15) is 5.26 Å². The largest absolute Gasteiger partial charge is 0.326 e. The normalized spacial score (nSPS) is 12.4. The molecule has 2 aromatic heterocycles. The van der Waals surface area contributed by atoms with Crippen LogP contribution in [-0.2, 0) is 13.0 Å². The van der Waals surface area contributed by atoms with Gasteiger partial charge in [-0.3, -0.25) is 0 Å². The van der Waals surface area contributed by atoms with E-state index in [0.29, 0.717) is 5.56 Å². The maximum atomic E-state index is 9.22. The standard InChI is InChI=1S/C16H14ClN3S/c1-11(17)16-19-15-13(9-18)3-2-4-14(15)20(16)7-5-12-6-8-21-10-12/h2-4,6,8,10-11H,5,7H2,1H3. The van der Waals surface area contributed by atoms with Crippen molar-refractivity contribution >= 4 is 34.0 Å². The minimum absolute atomic E-state index is 0.189. The maximum absolute atomic E-state index is 9.22. The molecule has 0 aliphatic heterocycles. The van der Waals surface area contributed by atoms with Crippen molar-refractivity contribution < 1.29 is 0 Å². The number of fused-ring (bicyclic) bond motifs is 1. The number of alkyl halides is 1. The van der Waals surface area contributed by atoms with Gasteiger partial charge in [0.15, 0.2) is 0 Å². The maximum Gasteiger partial charge on any atom is 0.127 e. The van der Waals surface area contributed by atoms with E-state index in [0.717, 1.165) is 29.8 Å². The highest BCUT2D eigenvalue weighted by atomic mass is 35.5. The van der Waals surface area contributed by atoms with Crippen LogP contribution >= 0.6 is 22.9 Å². The van der Waals surface area contributed by atoms with E-state index in [1.807, 2.05) is 19.1 Å². The molecule has 0 aliphatic rings. The first-order chi connectivity index (χ1) is 10.2. The van der Waals surface area contributed by atoms with Crippen LogP contribution in [0.2, 0.25) is 0 Å². The van der Waals surface area contributed by atoms with Gasteiger partial charge in [0.2, 0.25) is 0 Å². The van der Waals surface area contributed by atoms with Crippen LogP contribution in [0.4, 0.5) is 0 Å². The number of aryl methyl sites for hydroxylation is 2. The van der Waals surface area contributed by atoms with Gasteiger partial charge in [0.25, 0.3) is 0 Å². The van der Waals surface area contributed by atoms with Crippen LogP contribution in [0.1, 0.15) is 29.3 Å². The van der Waals surface area contributed by atoms with Crippen LogP contribution < -0.4 is 0 Å². The van der Waals surface area contributed by atoms with Crippen molar-refractivity contribution in [2.75, 3.05) is 0 Å².